The molecular formula is C16H17F2N3. The smallest absolute Gasteiger partial charge is 0.163 e. The van der Waals surface area contributed by atoms with Crippen molar-refractivity contribution >= 4 is 0 Å². The molecule has 110 valence electrons. The Morgan fingerprint density at radius 3 is 2.95 bits per heavy atom. The predicted molar refractivity (Wildman–Crippen MR) is 75.5 cm³/mol. The van der Waals surface area contributed by atoms with Crippen molar-refractivity contribution < 1.29 is 8.78 Å². The van der Waals surface area contributed by atoms with Gasteiger partial charge in [0.15, 0.2) is 11.6 Å². The van der Waals surface area contributed by atoms with Crippen LogP contribution in [0.5, 0.6) is 0 Å². The second-order valence-corrected chi connectivity index (χ2v) is 5.43. The topological polar surface area (TPSA) is 29.0 Å². The van der Waals surface area contributed by atoms with Crippen molar-refractivity contribution in [3.63, 3.8) is 0 Å². The average molecular weight is 289 g/mol. The van der Waals surface area contributed by atoms with Crippen LogP contribution in [0.3, 0.4) is 0 Å². The maximum atomic E-state index is 13.8. The summed E-state index contributed by atoms with van der Waals surface area (Å²) in [5.41, 5.74) is 2.17. The van der Waals surface area contributed by atoms with Gasteiger partial charge in [-0.05, 0) is 32.4 Å². The normalized spacial score (nSPS) is 19.1. The van der Waals surface area contributed by atoms with Crippen molar-refractivity contribution in [3.05, 3.63) is 59.2 Å². The number of nitrogens with zero attached hydrogens (tertiary/aromatic N) is 3. The number of halogens is 2. The second-order valence-electron chi connectivity index (χ2n) is 5.43. The van der Waals surface area contributed by atoms with Gasteiger partial charge in [-0.1, -0.05) is 12.1 Å². The zero-order valence-corrected chi connectivity index (χ0v) is 11.9. The molecule has 3 nitrogen and oxygen atoms in total. The van der Waals surface area contributed by atoms with E-state index in [1.54, 1.807) is 24.5 Å². The van der Waals surface area contributed by atoms with E-state index in [1.165, 1.54) is 0 Å². The molecule has 1 aliphatic heterocycles. The maximum absolute atomic E-state index is 13.8. The third-order valence-corrected chi connectivity index (χ3v) is 3.88. The Balaban J connectivity index is 1.83. The standard InChI is InChI=1S/C16H17F2N3/c1-11-8-19-9-14(20-11)15-6-3-7-21(15)10-12-4-2-5-13(17)16(12)18/h2,4-5,8-9,15H,3,6-7,10H2,1H3. The first-order valence-electron chi connectivity index (χ1n) is 7.10. The molecule has 1 saturated heterocycles. The van der Waals surface area contributed by atoms with Gasteiger partial charge in [0.25, 0.3) is 0 Å². The summed E-state index contributed by atoms with van der Waals surface area (Å²) in [6, 6.07) is 4.45. The van der Waals surface area contributed by atoms with E-state index in [-0.39, 0.29) is 6.04 Å². The van der Waals surface area contributed by atoms with Crippen molar-refractivity contribution in [2.24, 2.45) is 0 Å². The lowest BCUT2D eigenvalue weighted by atomic mass is 10.1. The Morgan fingerprint density at radius 1 is 1.29 bits per heavy atom. The average Bonchev–Trinajstić information content (AvgIpc) is 2.92. The van der Waals surface area contributed by atoms with Gasteiger partial charge in [0.2, 0.25) is 0 Å². The van der Waals surface area contributed by atoms with Crippen LogP contribution in [0.1, 0.15) is 35.8 Å². The van der Waals surface area contributed by atoms with Crippen LogP contribution in [0.2, 0.25) is 0 Å². The molecule has 5 heteroatoms. The molecule has 1 atom stereocenters. The monoisotopic (exact) mass is 289 g/mol. The van der Waals surface area contributed by atoms with Crippen molar-refractivity contribution in [1.29, 1.82) is 0 Å². The predicted octanol–water partition coefficient (Wildman–Crippen LogP) is 3.40. The lowest BCUT2D eigenvalue weighted by molar-refractivity contribution is 0.239. The van der Waals surface area contributed by atoms with Crippen molar-refractivity contribution in [1.82, 2.24) is 14.9 Å². The molecule has 1 aromatic heterocycles. The van der Waals surface area contributed by atoms with Gasteiger partial charge in [-0.2, -0.15) is 0 Å². The molecular weight excluding hydrogens is 272 g/mol. The molecule has 1 aromatic carbocycles. The fraction of sp³-hybridized carbons (Fsp3) is 0.375. The first kappa shape index (κ1) is 14.1. The highest BCUT2D eigenvalue weighted by Crippen LogP contribution is 2.32. The van der Waals surface area contributed by atoms with E-state index in [2.05, 4.69) is 14.9 Å². The Hall–Kier alpha value is -1.88. The SMILES string of the molecule is Cc1cncc(C2CCCN2Cc2cccc(F)c2F)n1. The molecule has 2 aromatic rings. The van der Waals surface area contributed by atoms with Crippen LogP contribution in [0.15, 0.2) is 30.6 Å². The highest BCUT2D eigenvalue weighted by Gasteiger charge is 2.28. The van der Waals surface area contributed by atoms with Crippen LogP contribution >= 0.6 is 0 Å². The van der Waals surface area contributed by atoms with Crippen molar-refractivity contribution in [3.8, 4) is 0 Å². The van der Waals surface area contributed by atoms with Gasteiger partial charge in [0, 0.05) is 24.5 Å². The molecule has 1 fully saturated rings. The highest BCUT2D eigenvalue weighted by atomic mass is 19.2. The molecule has 0 amide bonds. The Labute approximate surface area is 122 Å². The minimum atomic E-state index is -0.793. The van der Waals surface area contributed by atoms with Gasteiger partial charge >= 0.3 is 0 Å². The number of benzene rings is 1. The van der Waals surface area contributed by atoms with E-state index in [4.69, 9.17) is 0 Å². The molecule has 0 aliphatic carbocycles. The van der Waals surface area contributed by atoms with E-state index in [1.807, 2.05) is 6.92 Å². The van der Waals surface area contributed by atoms with Crippen LogP contribution in [0.25, 0.3) is 0 Å². The first-order chi connectivity index (χ1) is 10.1. The van der Waals surface area contributed by atoms with Gasteiger partial charge < -0.3 is 0 Å². The Morgan fingerprint density at radius 2 is 2.14 bits per heavy atom. The summed E-state index contributed by atoms with van der Waals surface area (Å²) in [5, 5.41) is 0. The van der Waals surface area contributed by atoms with Gasteiger partial charge in [-0.25, -0.2) is 8.78 Å². The molecule has 21 heavy (non-hydrogen) atoms. The highest BCUT2D eigenvalue weighted by molar-refractivity contribution is 5.20. The summed E-state index contributed by atoms with van der Waals surface area (Å²) >= 11 is 0. The molecule has 0 N–H and O–H groups in total. The molecule has 3 rings (SSSR count). The van der Waals surface area contributed by atoms with E-state index in [0.717, 1.165) is 36.8 Å². The molecule has 1 unspecified atom stereocenters. The van der Waals surface area contributed by atoms with Gasteiger partial charge in [-0.3, -0.25) is 14.9 Å². The molecule has 2 heterocycles. The minimum absolute atomic E-state index is 0.125. The summed E-state index contributed by atoms with van der Waals surface area (Å²) in [4.78, 5) is 10.8. The zero-order chi connectivity index (χ0) is 14.8. The number of hydrogen-bond donors (Lipinski definition) is 0. The largest absolute Gasteiger partial charge is 0.290 e. The van der Waals surface area contributed by atoms with Gasteiger partial charge in [-0.15, -0.1) is 0 Å². The minimum Gasteiger partial charge on any atom is -0.290 e. The number of aromatic nitrogens is 2. The van der Waals surface area contributed by atoms with Gasteiger partial charge in [0.1, 0.15) is 0 Å². The fourth-order valence-electron chi connectivity index (χ4n) is 2.88. The third kappa shape index (κ3) is 2.93. The lowest BCUT2D eigenvalue weighted by Gasteiger charge is -2.24. The van der Waals surface area contributed by atoms with Crippen molar-refractivity contribution in [2.45, 2.75) is 32.4 Å². The van der Waals surface area contributed by atoms with Crippen molar-refractivity contribution in [2.75, 3.05) is 6.54 Å². The zero-order valence-electron chi connectivity index (χ0n) is 11.9. The summed E-state index contributed by atoms with van der Waals surface area (Å²) in [6.45, 7) is 3.15. The lowest BCUT2D eigenvalue weighted by Crippen LogP contribution is -2.24. The molecule has 0 bridgehead atoms. The quantitative estimate of drug-likeness (QED) is 0.867. The van der Waals surface area contributed by atoms with Crippen LogP contribution in [0, 0.1) is 18.6 Å². The third-order valence-electron chi connectivity index (χ3n) is 3.88. The van der Waals surface area contributed by atoms with Crippen LogP contribution < -0.4 is 0 Å². The Bertz CT molecular complexity index is 645. The summed E-state index contributed by atoms with van der Waals surface area (Å²) in [7, 11) is 0. The van der Waals surface area contributed by atoms with E-state index in [9.17, 15) is 8.78 Å². The number of likely N-dealkylation sites (tertiary alicyclic amines) is 1. The molecule has 1 aliphatic rings. The van der Waals surface area contributed by atoms with E-state index in [0.29, 0.717) is 12.1 Å². The second kappa shape index (κ2) is 5.85. The fourth-order valence-corrected chi connectivity index (χ4v) is 2.88. The summed E-state index contributed by atoms with van der Waals surface area (Å²) in [6.07, 6.45) is 5.47. The molecule has 0 saturated carbocycles. The molecule has 0 spiro atoms. The van der Waals surface area contributed by atoms with Crippen LogP contribution in [-0.2, 0) is 6.54 Å². The van der Waals surface area contributed by atoms with Gasteiger partial charge in [0.05, 0.1) is 17.4 Å². The summed E-state index contributed by atoms with van der Waals surface area (Å²) < 4.78 is 27.1. The van der Waals surface area contributed by atoms with E-state index < -0.39 is 11.6 Å². The van der Waals surface area contributed by atoms with Crippen LogP contribution in [0.4, 0.5) is 8.78 Å². The van der Waals surface area contributed by atoms with E-state index >= 15 is 0 Å². The molecule has 0 radical (unpaired) electrons. The summed E-state index contributed by atoms with van der Waals surface area (Å²) in [5.74, 6) is -1.54. The van der Waals surface area contributed by atoms with Crippen LogP contribution in [-0.4, -0.2) is 21.4 Å². The number of rotatable bonds is 3. The number of hydrogen-bond acceptors (Lipinski definition) is 3. The maximum Gasteiger partial charge on any atom is 0.163 e. The number of aryl methyl sites for hydroxylation is 1. The Kier molecular flexibility index (Phi) is 3.92. The first-order valence-corrected chi connectivity index (χ1v) is 7.10.